The van der Waals surface area contributed by atoms with E-state index in [-0.39, 0.29) is 16.9 Å². The summed E-state index contributed by atoms with van der Waals surface area (Å²) in [6, 6.07) is 13.7. The molecular formula is C26H20F4. The Morgan fingerprint density at radius 3 is 2.23 bits per heavy atom. The molecule has 1 atom stereocenters. The monoisotopic (exact) mass is 408 g/mol. The Bertz CT molecular complexity index is 1130. The first kappa shape index (κ1) is 20.2. The van der Waals surface area contributed by atoms with Crippen molar-refractivity contribution in [1.82, 2.24) is 0 Å². The van der Waals surface area contributed by atoms with E-state index >= 15 is 0 Å². The van der Waals surface area contributed by atoms with Gasteiger partial charge in [0.05, 0.1) is 5.56 Å². The summed E-state index contributed by atoms with van der Waals surface area (Å²) in [4.78, 5) is 0. The van der Waals surface area contributed by atoms with Crippen molar-refractivity contribution in [3.05, 3.63) is 105 Å². The molecule has 0 N–H and O–H groups in total. The summed E-state index contributed by atoms with van der Waals surface area (Å²) < 4.78 is 54.7. The number of aryl methyl sites for hydroxylation is 1. The van der Waals surface area contributed by atoms with Crippen LogP contribution in [0, 0.1) is 35.1 Å². The van der Waals surface area contributed by atoms with Gasteiger partial charge < -0.3 is 0 Å². The summed E-state index contributed by atoms with van der Waals surface area (Å²) in [5.74, 6) is 0.945. The maximum atomic E-state index is 15.0. The Morgan fingerprint density at radius 1 is 0.867 bits per heavy atom. The number of halogens is 4. The Labute approximate surface area is 173 Å². The summed E-state index contributed by atoms with van der Waals surface area (Å²) >= 11 is 0. The third-order valence-corrected chi connectivity index (χ3v) is 5.73. The molecule has 3 aromatic carbocycles. The Balaban J connectivity index is 1.58. The molecule has 152 valence electrons. The van der Waals surface area contributed by atoms with Gasteiger partial charge in [-0.15, -0.1) is 0 Å². The number of rotatable bonds is 2. The van der Waals surface area contributed by atoms with Crippen LogP contribution in [0.5, 0.6) is 0 Å². The normalized spacial score (nSPS) is 15.3. The van der Waals surface area contributed by atoms with Gasteiger partial charge in [0.2, 0.25) is 0 Å². The minimum atomic E-state index is -1.54. The molecule has 1 unspecified atom stereocenters. The first-order valence-corrected chi connectivity index (χ1v) is 10.0. The van der Waals surface area contributed by atoms with Gasteiger partial charge in [0.1, 0.15) is 5.82 Å². The zero-order valence-electron chi connectivity index (χ0n) is 16.5. The van der Waals surface area contributed by atoms with E-state index in [1.165, 1.54) is 11.1 Å². The molecule has 0 fully saturated rings. The van der Waals surface area contributed by atoms with E-state index in [0.717, 1.165) is 37.0 Å². The first-order valence-electron chi connectivity index (χ1n) is 10.0. The molecule has 0 nitrogen and oxygen atoms in total. The van der Waals surface area contributed by atoms with E-state index in [4.69, 9.17) is 0 Å². The van der Waals surface area contributed by atoms with Crippen LogP contribution in [0.2, 0.25) is 0 Å². The molecule has 1 aliphatic rings. The fourth-order valence-electron chi connectivity index (χ4n) is 3.98. The van der Waals surface area contributed by atoms with Crippen molar-refractivity contribution in [2.45, 2.75) is 38.5 Å². The molecular weight excluding hydrogens is 388 g/mol. The Hall–Kier alpha value is -3.06. The zero-order chi connectivity index (χ0) is 21.3. The molecule has 30 heavy (non-hydrogen) atoms. The standard InChI is InChI=1S/C26H20F4/c1-2-16-3-6-18(7-4-16)20-11-12-22-21(15-20)10-9-19(25(22)29)8-5-17-13-23(27)26(30)24(28)14-17/h3-4,6-7,9-10,13-14,20H,2,11-12,15H2,1H3. The minimum absolute atomic E-state index is 0.0425. The molecule has 3 aromatic rings. The second-order valence-electron chi connectivity index (χ2n) is 7.60. The van der Waals surface area contributed by atoms with Gasteiger partial charge in [-0.1, -0.05) is 49.1 Å². The molecule has 0 spiro atoms. The molecule has 0 bridgehead atoms. The van der Waals surface area contributed by atoms with Gasteiger partial charge in [-0.2, -0.15) is 0 Å². The fourth-order valence-corrected chi connectivity index (χ4v) is 3.98. The smallest absolute Gasteiger partial charge is 0.194 e. The predicted molar refractivity (Wildman–Crippen MR) is 109 cm³/mol. The lowest BCUT2D eigenvalue weighted by Crippen LogP contribution is -2.15. The maximum Gasteiger partial charge on any atom is 0.194 e. The van der Waals surface area contributed by atoms with Crippen LogP contribution in [0.1, 0.15) is 52.6 Å². The summed E-state index contributed by atoms with van der Waals surface area (Å²) in [7, 11) is 0. The van der Waals surface area contributed by atoms with Crippen molar-refractivity contribution in [2.24, 2.45) is 0 Å². The van der Waals surface area contributed by atoms with Crippen molar-refractivity contribution in [3.63, 3.8) is 0 Å². The predicted octanol–water partition coefficient (Wildman–Crippen LogP) is 6.48. The van der Waals surface area contributed by atoms with Crippen LogP contribution < -0.4 is 0 Å². The largest absolute Gasteiger partial charge is 0.205 e. The van der Waals surface area contributed by atoms with Crippen molar-refractivity contribution in [3.8, 4) is 11.8 Å². The maximum absolute atomic E-state index is 15.0. The average Bonchev–Trinajstić information content (AvgIpc) is 2.76. The molecule has 0 amide bonds. The topological polar surface area (TPSA) is 0 Å². The van der Waals surface area contributed by atoms with Gasteiger partial charge in [-0.25, -0.2) is 17.6 Å². The number of benzene rings is 3. The first-order chi connectivity index (χ1) is 14.5. The lowest BCUT2D eigenvalue weighted by Gasteiger charge is -2.26. The van der Waals surface area contributed by atoms with Gasteiger partial charge in [-0.3, -0.25) is 0 Å². The molecule has 0 saturated heterocycles. The molecule has 0 heterocycles. The van der Waals surface area contributed by atoms with Gasteiger partial charge in [0, 0.05) is 5.56 Å². The number of fused-ring (bicyclic) bond motifs is 1. The van der Waals surface area contributed by atoms with Gasteiger partial charge >= 0.3 is 0 Å². The number of hydrogen-bond donors (Lipinski definition) is 0. The minimum Gasteiger partial charge on any atom is -0.205 e. The van der Waals surface area contributed by atoms with Crippen molar-refractivity contribution >= 4 is 0 Å². The second kappa shape index (κ2) is 8.36. The Kier molecular flexibility index (Phi) is 5.63. The average molecular weight is 408 g/mol. The molecule has 0 radical (unpaired) electrons. The molecule has 4 heteroatoms. The molecule has 0 aromatic heterocycles. The van der Waals surface area contributed by atoms with Crippen LogP contribution in [0.25, 0.3) is 0 Å². The van der Waals surface area contributed by atoms with Crippen LogP contribution in [0.15, 0.2) is 48.5 Å². The van der Waals surface area contributed by atoms with Crippen LogP contribution in [0.3, 0.4) is 0 Å². The molecule has 4 rings (SSSR count). The highest BCUT2D eigenvalue weighted by molar-refractivity contribution is 5.48. The van der Waals surface area contributed by atoms with Gasteiger partial charge in [0.25, 0.3) is 0 Å². The summed E-state index contributed by atoms with van der Waals surface area (Å²) in [6.45, 7) is 2.12. The third kappa shape index (κ3) is 3.98. The number of hydrogen-bond acceptors (Lipinski definition) is 0. The van der Waals surface area contributed by atoms with Crippen LogP contribution in [-0.4, -0.2) is 0 Å². The van der Waals surface area contributed by atoms with Crippen LogP contribution in [0.4, 0.5) is 17.6 Å². The van der Waals surface area contributed by atoms with Gasteiger partial charge in [-0.05, 0) is 72.1 Å². The third-order valence-electron chi connectivity index (χ3n) is 5.73. The van der Waals surface area contributed by atoms with Crippen LogP contribution >= 0.6 is 0 Å². The zero-order valence-corrected chi connectivity index (χ0v) is 16.5. The Morgan fingerprint density at radius 2 is 1.57 bits per heavy atom. The lowest BCUT2D eigenvalue weighted by atomic mass is 9.79. The highest BCUT2D eigenvalue weighted by atomic mass is 19.2. The lowest BCUT2D eigenvalue weighted by molar-refractivity contribution is 0.446. The highest BCUT2D eigenvalue weighted by Gasteiger charge is 2.23. The van der Waals surface area contributed by atoms with E-state index in [1.807, 2.05) is 6.07 Å². The SMILES string of the molecule is CCc1ccc(C2CCc3c(ccc(C#Cc4cc(F)c(F)c(F)c4)c3F)C2)cc1. The van der Waals surface area contributed by atoms with E-state index in [9.17, 15) is 17.6 Å². The van der Waals surface area contributed by atoms with Crippen molar-refractivity contribution in [1.29, 1.82) is 0 Å². The van der Waals surface area contributed by atoms with Crippen molar-refractivity contribution < 1.29 is 17.6 Å². The van der Waals surface area contributed by atoms with Crippen molar-refractivity contribution in [2.75, 3.05) is 0 Å². The van der Waals surface area contributed by atoms with Crippen LogP contribution in [-0.2, 0) is 19.3 Å². The van der Waals surface area contributed by atoms with Gasteiger partial charge in [0.15, 0.2) is 17.5 Å². The summed E-state index contributed by atoms with van der Waals surface area (Å²) in [5, 5.41) is 0. The molecule has 0 saturated carbocycles. The quantitative estimate of drug-likeness (QED) is 0.259. The van der Waals surface area contributed by atoms with E-state index in [2.05, 4.69) is 43.0 Å². The summed E-state index contributed by atoms with van der Waals surface area (Å²) in [6.07, 6.45) is 3.22. The molecule has 1 aliphatic carbocycles. The van der Waals surface area contributed by atoms with E-state index < -0.39 is 17.5 Å². The van der Waals surface area contributed by atoms with E-state index in [0.29, 0.717) is 17.9 Å². The molecule has 0 aliphatic heterocycles. The van der Waals surface area contributed by atoms with E-state index in [1.54, 1.807) is 6.07 Å². The highest BCUT2D eigenvalue weighted by Crippen LogP contribution is 2.34. The summed E-state index contributed by atoms with van der Waals surface area (Å²) in [5.41, 5.74) is 4.31. The fraction of sp³-hybridized carbons (Fsp3) is 0.231. The second-order valence-corrected chi connectivity index (χ2v) is 7.60.